The fourth-order valence-corrected chi connectivity index (χ4v) is 3.72. The molecule has 1 aliphatic rings. The summed E-state index contributed by atoms with van der Waals surface area (Å²) in [5, 5.41) is 2.08. The summed E-state index contributed by atoms with van der Waals surface area (Å²) in [6.07, 6.45) is -5.14. The Balaban J connectivity index is 1.82. The highest BCUT2D eigenvalue weighted by atomic mass is 35.5. The number of carbonyl (C=O) groups is 2. The molecule has 178 valence electrons. The van der Waals surface area contributed by atoms with Crippen molar-refractivity contribution in [2.24, 2.45) is 0 Å². The van der Waals surface area contributed by atoms with E-state index in [0.717, 1.165) is 17.7 Å². The molecule has 0 saturated carbocycles. The van der Waals surface area contributed by atoms with Gasteiger partial charge >= 0.3 is 18.3 Å². The van der Waals surface area contributed by atoms with E-state index < -0.39 is 40.5 Å². The van der Waals surface area contributed by atoms with Crippen molar-refractivity contribution in [2.45, 2.75) is 38.6 Å². The second-order valence-corrected chi connectivity index (χ2v) is 9.08. The highest BCUT2D eigenvalue weighted by molar-refractivity contribution is 6.31. The Labute approximate surface area is 195 Å². The predicted octanol–water partition coefficient (Wildman–Crippen LogP) is 6.18. The lowest BCUT2D eigenvalue weighted by Crippen LogP contribution is -2.54. The Hall–Kier alpha value is -2.94. The van der Waals surface area contributed by atoms with Crippen LogP contribution in [0.3, 0.4) is 0 Å². The van der Waals surface area contributed by atoms with Gasteiger partial charge in [0, 0.05) is 25.3 Å². The van der Waals surface area contributed by atoms with Crippen molar-refractivity contribution in [2.75, 3.05) is 25.0 Å². The molecule has 0 radical (unpaired) electrons. The molecule has 1 unspecified atom stereocenters. The number of urea groups is 1. The standard InChI is InChI=1S/C23H25ClF3N3O3/c1-22(2,3)33-21(32)29-11-12-30(19(14-29)15-7-5-4-6-8-15)20(31)28-16-9-10-18(24)17(13-16)23(25,26)27/h4-10,13,19H,11-12,14H2,1-3H3,(H,28,31). The lowest BCUT2D eigenvalue weighted by molar-refractivity contribution is -0.137. The number of amides is 3. The fourth-order valence-electron chi connectivity index (χ4n) is 3.49. The third-order valence-electron chi connectivity index (χ3n) is 5.00. The highest BCUT2D eigenvalue weighted by Crippen LogP contribution is 2.36. The van der Waals surface area contributed by atoms with Crippen LogP contribution in [0.4, 0.5) is 28.4 Å². The van der Waals surface area contributed by atoms with Gasteiger partial charge in [-0.2, -0.15) is 13.2 Å². The Morgan fingerprint density at radius 2 is 1.73 bits per heavy atom. The zero-order valence-corrected chi connectivity index (χ0v) is 19.2. The van der Waals surface area contributed by atoms with E-state index in [-0.39, 0.29) is 25.3 Å². The van der Waals surface area contributed by atoms with Crippen LogP contribution in [0.1, 0.15) is 37.9 Å². The van der Waals surface area contributed by atoms with Crippen LogP contribution in [-0.2, 0) is 10.9 Å². The molecule has 1 N–H and O–H groups in total. The van der Waals surface area contributed by atoms with Crippen molar-refractivity contribution in [1.29, 1.82) is 0 Å². The molecule has 1 atom stereocenters. The van der Waals surface area contributed by atoms with Gasteiger partial charge in [0.1, 0.15) is 5.60 Å². The minimum Gasteiger partial charge on any atom is -0.444 e. The zero-order valence-electron chi connectivity index (χ0n) is 18.4. The van der Waals surface area contributed by atoms with Gasteiger partial charge in [0.25, 0.3) is 0 Å². The molecular weight excluding hydrogens is 459 g/mol. The van der Waals surface area contributed by atoms with E-state index in [1.807, 2.05) is 30.3 Å². The molecule has 2 aromatic rings. The molecule has 2 aromatic carbocycles. The molecule has 1 heterocycles. The fraction of sp³-hybridized carbons (Fsp3) is 0.391. The van der Waals surface area contributed by atoms with Crippen LogP contribution < -0.4 is 5.32 Å². The summed E-state index contributed by atoms with van der Waals surface area (Å²) in [6.45, 7) is 5.88. The van der Waals surface area contributed by atoms with Gasteiger partial charge in [-0.1, -0.05) is 41.9 Å². The molecular formula is C23H25ClF3N3O3. The summed E-state index contributed by atoms with van der Waals surface area (Å²) in [6, 6.07) is 11.2. The number of nitrogens with one attached hydrogen (secondary N) is 1. The molecule has 33 heavy (non-hydrogen) atoms. The van der Waals surface area contributed by atoms with Crippen LogP contribution in [0.15, 0.2) is 48.5 Å². The first kappa shape index (κ1) is 24.7. The lowest BCUT2D eigenvalue weighted by atomic mass is 10.0. The van der Waals surface area contributed by atoms with Gasteiger partial charge in [-0.3, -0.25) is 0 Å². The summed E-state index contributed by atoms with van der Waals surface area (Å²) >= 11 is 5.67. The van der Waals surface area contributed by atoms with E-state index in [1.165, 1.54) is 15.9 Å². The Morgan fingerprint density at radius 3 is 2.33 bits per heavy atom. The number of hydrogen-bond acceptors (Lipinski definition) is 3. The quantitative estimate of drug-likeness (QED) is 0.554. The zero-order chi connectivity index (χ0) is 24.4. The predicted molar refractivity (Wildman–Crippen MR) is 119 cm³/mol. The Morgan fingerprint density at radius 1 is 1.06 bits per heavy atom. The number of anilines is 1. The second kappa shape index (κ2) is 9.51. The minimum atomic E-state index is -4.65. The molecule has 3 rings (SSSR count). The van der Waals surface area contributed by atoms with Crippen molar-refractivity contribution in [3.63, 3.8) is 0 Å². The molecule has 1 fully saturated rings. The number of ether oxygens (including phenoxy) is 1. The number of benzene rings is 2. The van der Waals surface area contributed by atoms with Gasteiger partial charge in [-0.25, -0.2) is 9.59 Å². The summed E-state index contributed by atoms with van der Waals surface area (Å²) in [7, 11) is 0. The maximum absolute atomic E-state index is 13.2. The number of hydrogen-bond donors (Lipinski definition) is 1. The third kappa shape index (κ3) is 6.31. The average molecular weight is 484 g/mol. The van der Waals surface area contributed by atoms with Crippen LogP contribution in [0.2, 0.25) is 5.02 Å². The molecule has 10 heteroatoms. The van der Waals surface area contributed by atoms with Crippen LogP contribution in [0, 0.1) is 0 Å². The first-order valence-electron chi connectivity index (χ1n) is 10.3. The topological polar surface area (TPSA) is 61.9 Å². The number of nitrogens with zero attached hydrogens (tertiary/aromatic N) is 2. The first-order chi connectivity index (χ1) is 15.3. The molecule has 3 amide bonds. The number of rotatable bonds is 2. The molecule has 0 spiro atoms. The number of piperazine rings is 1. The second-order valence-electron chi connectivity index (χ2n) is 8.67. The smallest absolute Gasteiger partial charge is 0.417 e. The molecule has 0 aliphatic carbocycles. The van der Waals surface area contributed by atoms with E-state index in [0.29, 0.717) is 0 Å². The van der Waals surface area contributed by atoms with E-state index in [1.54, 1.807) is 20.8 Å². The van der Waals surface area contributed by atoms with Crippen molar-refractivity contribution >= 4 is 29.4 Å². The maximum Gasteiger partial charge on any atom is 0.417 e. The molecule has 6 nitrogen and oxygen atoms in total. The number of halogens is 4. The van der Waals surface area contributed by atoms with E-state index in [2.05, 4.69) is 5.32 Å². The van der Waals surface area contributed by atoms with E-state index in [9.17, 15) is 22.8 Å². The number of alkyl halides is 3. The van der Waals surface area contributed by atoms with E-state index in [4.69, 9.17) is 16.3 Å². The molecule has 0 bridgehead atoms. The SMILES string of the molecule is CC(C)(C)OC(=O)N1CCN(C(=O)Nc2ccc(Cl)c(C(F)(F)F)c2)C(c2ccccc2)C1. The summed E-state index contributed by atoms with van der Waals surface area (Å²) in [4.78, 5) is 28.7. The largest absolute Gasteiger partial charge is 0.444 e. The summed E-state index contributed by atoms with van der Waals surface area (Å²) in [5.41, 5.74) is -0.944. The van der Waals surface area contributed by atoms with Gasteiger partial charge in [0.2, 0.25) is 0 Å². The Kier molecular flexibility index (Phi) is 7.11. The highest BCUT2D eigenvalue weighted by Gasteiger charge is 2.36. The van der Waals surface area contributed by atoms with Crippen molar-refractivity contribution in [1.82, 2.24) is 9.80 Å². The van der Waals surface area contributed by atoms with Crippen LogP contribution in [0.5, 0.6) is 0 Å². The van der Waals surface area contributed by atoms with Gasteiger partial charge in [-0.15, -0.1) is 0 Å². The number of carbonyl (C=O) groups excluding carboxylic acids is 2. The monoisotopic (exact) mass is 483 g/mol. The van der Waals surface area contributed by atoms with Gasteiger partial charge in [0.15, 0.2) is 0 Å². The average Bonchev–Trinajstić information content (AvgIpc) is 2.73. The van der Waals surface area contributed by atoms with Crippen molar-refractivity contribution in [3.8, 4) is 0 Å². The lowest BCUT2D eigenvalue weighted by Gasteiger charge is -2.41. The van der Waals surface area contributed by atoms with Crippen molar-refractivity contribution < 1.29 is 27.5 Å². The molecule has 1 aliphatic heterocycles. The van der Waals surface area contributed by atoms with Gasteiger partial charge in [-0.05, 0) is 44.5 Å². The van der Waals surface area contributed by atoms with Crippen LogP contribution in [-0.4, -0.2) is 47.2 Å². The summed E-state index contributed by atoms with van der Waals surface area (Å²) in [5.74, 6) is 0. The Bertz CT molecular complexity index is 1010. The molecule has 0 aromatic heterocycles. The maximum atomic E-state index is 13.2. The first-order valence-corrected chi connectivity index (χ1v) is 10.7. The van der Waals surface area contributed by atoms with Gasteiger partial charge in [0.05, 0.1) is 16.6 Å². The van der Waals surface area contributed by atoms with Crippen molar-refractivity contribution in [3.05, 3.63) is 64.7 Å². The normalized spacial score (nSPS) is 17.0. The van der Waals surface area contributed by atoms with Crippen LogP contribution >= 0.6 is 11.6 Å². The minimum absolute atomic E-state index is 0.0295. The summed E-state index contributed by atoms with van der Waals surface area (Å²) < 4.78 is 45.0. The third-order valence-corrected chi connectivity index (χ3v) is 5.33. The van der Waals surface area contributed by atoms with Gasteiger partial charge < -0.3 is 19.9 Å². The van der Waals surface area contributed by atoms with Crippen LogP contribution in [0.25, 0.3) is 0 Å². The molecule has 1 saturated heterocycles. The van der Waals surface area contributed by atoms with E-state index >= 15 is 0 Å².